The summed E-state index contributed by atoms with van der Waals surface area (Å²) in [5, 5.41) is 14.6. The summed E-state index contributed by atoms with van der Waals surface area (Å²) < 4.78 is 0. The van der Waals surface area contributed by atoms with E-state index in [9.17, 15) is 4.79 Å². The van der Waals surface area contributed by atoms with Crippen molar-refractivity contribution in [3.8, 4) is 0 Å². The number of nitrogens with zero attached hydrogens (tertiary/aromatic N) is 2. The monoisotopic (exact) mass is 270 g/mol. The predicted molar refractivity (Wildman–Crippen MR) is 75.0 cm³/mol. The van der Waals surface area contributed by atoms with E-state index in [0.717, 1.165) is 25.9 Å². The Hall–Kier alpha value is -1.30. The maximum Gasteiger partial charge on any atom is 0.231 e. The largest absolute Gasteiger partial charge is 0.409 e. The second kappa shape index (κ2) is 7.33. The lowest BCUT2D eigenvalue weighted by Gasteiger charge is -2.29. The van der Waals surface area contributed by atoms with Gasteiger partial charge in [0, 0.05) is 6.54 Å². The van der Waals surface area contributed by atoms with E-state index in [4.69, 9.17) is 10.9 Å². The predicted octanol–water partition coefficient (Wildman–Crippen LogP) is 0.463. The fourth-order valence-electron chi connectivity index (χ4n) is 2.46. The first-order valence-corrected chi connectivity index (χ1v) is 6.89. The third kappa shape index (κ3) is 4.70. The van der Waals surface area contributed by atoms with Gasteiger partial charge >= 0.3 is 0 Å². The van der Waals surface area contributed by atoms with E-state index in [1.807, 2.05) is 13.8 Å². The van der Waals surface area contributed by atoms with Crippen molar-refractivity contribution >= 4 is 11.7 Å². The number of hydrogen-bond acceptors (Lipinski definition) is 4. The van der Waals surface area contributed by atoms with E-state index in [1.54, 1.807) is 0 Å². The summed E-state index contributed by atoms with van der Waals surface area (Å²) in [6.45, 7) is 6.60. The first-order valence-electron chi connectivity index (χ1n) is 6.89. The summed E-state index contributed by atoms with van der Waals surface area (Å²) in [5.41, 5.74) is 5.58. The second-order valence-corrected chi connectivity index (χ2v) is 5.74. The number of amides is 1. The zero-order valence-corrected chi connectivity index (χ0v) is 12.1. The normalized spacial score (nSPS) is 20.5. The van der Waals surface area contributed by atoms with Gasteiger partial charge in [-0.25, -0.2) is 0 Å². The molecule has 1 amide bonds. The average Bonchev–Trinajstić information content (AvgIpc) is 2.37. The van der Waals surface area contributed by atoms with Crippen LogP contribution >= 0.6 is 0 Å². The summed E-state index contributed by atoms with van der Waals surface area (Å²) in [6, 6.07) is 0. The fourth-order valence-corrected chi connectivity index (χ4v) is 2.46. The molecular formula is C13H26N4O2. The second-order valence-electron chi connectivity index (χ2n) is 5.74. The number of likely N-dealkylation sites (tertiary alicyclic amines) is 1. The van der Waals surface area contributed by atoms with E-state index in [-0.39, 0.29) is 17.7 Å². The first kappa shape index (κ1) is 15.8. The van der Waals surface area contributed by atoms with Gasteiger partial charge in [-0.15, -0.1) is 0 Å². The summed E-state index contributed by atoms with van der Waals surface area (Å²) >= 11 is 0. The molecule has 1 saturated heterocycles. The molecule has 0 aromatic heterocycles. The van der Waals surface area contributed by atoms with Crippen molar-refractivity contribution in [1.82, 2.24) is 10.2 Å². The van der Waals surface area contributed by atoms with Crippen LogP contribution in [0.25, 0.3) is 0 Å². The Bertz CT molecular complexity index is 323. The zero-order valence-electron chi connectivity index (χ0n) is 12.1. The molecular weight excluding hydrogens is 244 g/mol. The van der Waals surface area contributed by atoms with Crippen LogP contribution in [0.2, 0.25) is 0 Å². The van der Waals surface area contributed by atoms with Crippen LogP contribution in [0.5, 0.6) is 0 Å². The highest BCUT2D eigenvalue weighted by molar-refractivity contribution is 6.02. The van der Waals surface area contributed by atoms with E-state index in [0.29, 0.717) is 12.5 Å². The van der Waals surface area contributed by atoms with Crippen LogP contribution in [-0.4, -0.2) is 48.5 Å². The fraction of sp³-hybridized carbons (Fsp3) is 0.846. The summed E-state index contributed by atoms with van der Waals surface area (Å²) in [5.74, 6) is -0.190. The molecule has 19 heavy (non-hydrogen) atoms. The smallest absolute Gasteiger partial charge is 0.231 e. The molecule has 1 rings (SSSR count). The van der Waals surface area contributed by atoms with Gasteiger partial charge in [0.15, 0.2) is 5.84 Å². The van der Waals surface area contributed by atoms with Gasteiger partial charge in [0.25, 0.3) is 0 Å². The molecule has 0 aliphatic carbocycles. The maximum absolute atomic E-state index is 12.1. The molecule has 1 aliphatic rings. The van der Waals surface area contributed by atoms with E-state index in [2.05, 4.69) is 22.4 Å². The van der Waals surface area contributed by atoms with Crippen molar-refractivity contribution in [1.29, 1.82) is 0 Å². The third-order valence-corrected chi connectivity index (χ3v) is 3.79. The number of carbonyl (C=O) groups is 1. The Morgan fingerprint density at radius 2 is 2.05 bits per heavy atom. The van der Waals surface area contributed by atoms with Gasteiger partial charge in [0.1, 0.15) is 5.92 Å². The molecule has 0 saturated carbocycles. The van der Waals surface area contributed by atoms with Gasteiger partial charge in [-0.05, 0) is 44.8 Å². The van der Waals surface area contributed by atoms with E-state index >= 15 is 0 Å². The Balaban J connectivity index is 2.45. The molecule has 0 bridgehead atoms. The maximum atomic E-state index is 12.1. The molecule has 1 atom stereocenters. The molecule has 1 heterocycles. The van der Waals surface area contributed by atoms with Crippen LogP contribution in [0.3, 0.4) is 0 Å². The van der Waals surface area contributed by atoms with Crippen LogP contribution in [-0.2, 0) is 4.79 Å². The molecule has 4 N–H and O–H groups in total. The van der Waals surface area contributed by atoms with Crippen LogP contribution in [0, 0.1) is 17.8 Å². The number of rotatable bonds is 5. The third-order valence-electron chi connectivity index (χ3n) is 3.79. The van der Waals surface area contributed by atoms with Gasteiger partial charge in [-0.1, -0.05) is 19.0 Å². The molecule has 110 valence electrons. The van der Waals surface area contributed by atoms with Crippen LogP contribution in [0.15, 0.2) is 5.16 Å². The highest BCUT2D eigenvalue weighted by atomic mass is 16.4. The highest BCUT2D eigenvalue weighted by Crippen LogP contribution is 2.16. The van der Waals surface area contributed by atoms with Crippen molar-refractivity contribution < 1.29 is 10.0 Å². The lowest BCUT2D eigenvalue weighted by Crippen LogP contribution is -2.44. The van der Waals surface area contributed by atoms with Crippen molar-refractivity contribution in [2.24, 2.45) is 28.6 Å². The Morgan fingerprint density at radius 3 is 2.53 bits per heavy atom. The molecule has 6 heteroatoms. The minimum Gasteiger partial charge on any atom is -0.409 e. The number of nitrogens with two attached hydrogens (primary N) is 1. The minimum absolute atomic E-state index is 0.00777. The average molecular weight is 270 g/mol. The Morgan fingerprint density at radius 1 is 1.47 bits per heavy atom. The van der Waals surface area contributed by atoms with Crippen molar-refractivity contribution in [3.05, 3.63) is 0 Å². The van der Waals surface area contributed by atoms with Gasteiger partial charge < -0.3 is 21.2 Å². The Kier molecular flexibility index (Phi) is 6.08. The SMILES string of the molecule is CC(C)C(C(=O)NCC1CCN(C)CC1)C(N)=NO. The summed E-state index contributed by atoms with van der Waals surface area (Å²) in [4.78, 5) is 14.4. The molecule has 0 aromatic rings. The van der Waals surface area contributed by atoms with Crippen LogP contribution in [0.1, 0.15) is 26.7 Å². The van der Waals surface area contributed by atoms with Gasteiger partial charge in [-0.2, -0.15) is 0 Å². The number of amidine groups is 1. The number of oxime groups is 1. The lowest BCUT2D eigenvalue weighted by molar-refractivity contribution is -0.124. The standard InChI is InChI=1S/C13H26N4O2/c1-9(2)11(12(14)16-19)13(18)15-8-10-4-6-17(3)7-5-10/h9-11,19H,4-8H2,1-3H3,(H2,14,16)(H,15,18). The number of hydrogen-bond donors (Lipinski definition) is 3. The molecule has 1 unspecified atom stereocenters. The van der Waals surface area contributed by atoms with Crippen LogP contribution < -0.4 is 11.1 Å². The van der Waals surface area contributed by atoms with Gasteiger partial charge in [0.05, 0.1) is 0 Å². The summed E-state index contributed by atoms with van der Waals surface area (Å²) in [6.07, 6.45) is 2.21. The van der Waals surface area contributed by atoms with Crippen molar-refractivity contribution in [3.63, 3.8) is 0 Å². The van der Waals surface area contributed by atoms with Crippen LogP contribution in [0.4, 0.5) is 0 Å². The number of piperidine rings is 1. The van der Waals surface area contributed by atoms with Crippen molar-refractivity contribution in [2.75, 3.05) is 26.7 Å². The van der Waals surface area contributed by atoms with E-state index < -0.39 is 5.92 Å². The minimum atomic E-state index is -0.559. The Labute approximate surface area is 115 Å². The topological polar surface area (TPSA) is 91.0 Å². The van der Waals surface area contributed by atoms with Gasteiger partial charge in [-0.3, -0.25) is 4.79 Å². The van der Waals surface area contributed by atoms with E-state index in [1.165, 1.54) is 0 Å². The first-order chi connectivity index (χ1) is 8.95. The lowest BCUT2D eigenvalue weighted by atomic mass is 9.92. The quantitative estimate of drug-likeness (QED) is 0.293. The number of carbonyl (C=O) groups excluding carboxylic acids is 1. The molecule has 6 nitrogen and oxygen atoms in total. The molecule has 0 spiro atoms. The zero-order chi connectivity index (χ0) is 14.4. The molecule has 1 fully saturated rings. The molecule has 0 aromatic carbocycles. The van der Waals surface area contributed by atoms with Gasteiger partial charge in [0.2, 0.25) is 5.91 Å². The van der Waals surface area contributed by atoms with Crippen molar-refractivity contribution in [2.45, 2.75) is 26.7 Å². The highest BCUT2D eigenvalue weighted by Gasteiger charge is 2.27. The molecule has 1 aliphatic heterocycles. The number of nitrogens with one attached hydrogen (secondary N) is 1. The summed E-state index contributed by atoms with van der Waals surface area (Å²) in [7, 11) is 2.11. The molecule has 0 radical (unpaired) electrons.